The van der Waals surface area contributed by atoms with Crippen molar-refractivity contribution in [1.29, 1.82) is 0 Å². The number of hydrogen-bond acceptors (Lipinski definition) is 4. The van der Waals surface area contributed by atoms with Gasteiger partial charge in [-0.1, -0.05) is 0 Å². The van der Waals surface area contributed by atoms with Crippen molar-refractivity contribution in [3.8, 4) is 0 Å². The van der Waals surface area contributed by atoms with Crippen LogP contribution in [0.25, 0.3) is 0 Å². The second-order valence-electron chi connectivity index (χ2n) is 5.55. The molecule has 1 aliphatic heterocycles. The van der Waals surface area contributed by atoms with E-state index in [1.165, 1.54) is 12.8 Å². The SMILES string of the molecule is COCCNC(=O)CCN1CCCC(NC2CC2)C1=O. The molecule has 1 atom stereocenters. The molecule has 1 aliphatic carbocycles. The van der Waals surface area contributed by atoms with Gasteiger partial charge >= 0.3 is 0 Å². The normalized spacial score (nSPS) is 22.9. The lowest BCUT2D eigenvalue weighted by molar-refractivity contribution is -0.136. The van der Waals surface area contributed by atoms with Crippen molar-refractivity contribution in [3.63, 3.8) is 0 Å². The minimum Gasteiger partial charge on any atom is -0.383 e. The van der Waals surface area contributed by atoms with Crippen LogP contribution in [0.2, 0.25) is 0 Å². The first-order valence-corrected chi connectivity index (χ1v) is 7.51. The van der Waals surface area contributed by atoms with Crippen molar-refractivity contribution in [2.45, 2.75) is 44.2 Å². The Morgan fingerprint density at radius 3 is 2.90 bits per heavy atom. The number of nitrogens with zero attached hydrogens (tertiary/aromatic N) is 1. The fraction of sp³-hybridized carbons (Fsp3) is 0.857. The van der Waals surface area contributed by atoms with Gasteiger partial charge in [-0.15, -0.1) is 0 Å². The summed E-state index contributed by atoms with van der Waals surface area (Å²) in [5.41, 5.74) is 0. The van der Waals surface area contributed by atoms with Crippen LogP contribution in [0.4, 0.5) is 0 Å². The number of likely N-dealkylation sites (tertiary alicyclic amines) is 1. The van der Waals surface area contributed by atoms with Crippen molar-refractivity contribution >= 4 is 11.8 Å². The van der Waals surface area contributed by atoms with Crippen molar-refractivity contribution < 1.29 is 14.3 Å². The van der Waals surface area contributed by atoms with E-state index in [1.807, 2.05) is 4.90 Å². The van der Waals surface area contributed by atoms with Crippen molar-refractivity contribution in [1.82, 2.24) is 15.5 Å². The molecular weight excluding hydrogens is 258 g/mol. The Kier molecular flexibility index (Phi) is 5.79. The largest absolute Gasteiger partial charge is 0.383 e. The second kappa shape index (κ2) is 7.59. The summed E-state index contributed by atoms with van der Waals surface area (Å²) in [5, 5.41) is 6.17. The average Bonchev–Trinajstić information content (AvgIpc) is 3.24. The van der Waals surface area contributed by atoms with Crippen LogP contribution in [0, 0.1) is 0 Å². The zero-order chi connectivity index (χ0) is 14.4. The third-order valence-electron chi connectivity index (χ3n) is 3.78. The molecule has 0 bridgehead atoms. The molecule has 2 aliphatic rings. The first kappa shape index (κ1) is 15.3. The molecule has 1 heterocycles. The summed E-state index contributed by atoms with van der Waals surface area (Å²) >= 11 is 0. The maximum atomic E-state index is 12.3. The van der Waals surface area contributed by atoms with E-state index in [0.717, 1.165) is 19.4 Å². The number of rotatable bonds is 8. The fourth-order valence-corrected chi connectivity index (χ4v) is 2.47. The maximum Gasteiger partial charge on any atom is 0.239 e. The molecule has 1 unspecified atom stereocenters. The van der Waals surface area contributed by atoms with Crippen LogP contribution in [0.3, 0.4) is 0 Å². The summed E-state index contributed by atoms with van der Waals surface area (Å²) in [6.45, 7) is 2.32. The Labute approximate surface area is 120 Å². The van der Waals surface area contributed by atoms with Gasteiger partial charge in [0.15, 0.2) is 0 Å². The number of carbonyl (C=O) groups excluding carboxylic acids is 2. The van der Waals surface area contributed by atoms with E-state index in [4.69, 9.17) is 4.74 Å². The molecule has 0 spiro atoms. The van der Waals surface area contributed by atoms with Gasteiger partial charge < -0.3 is 20.3 Å². The first-order chi connectivity index (χ1) is 9.70. The Morgan fingerprint density at radius 1 is 1.40 bits per heavy atom. The Hall–Kier alpha value is -1.14. The van der Waals surface area contributed by atoms with Crippen LogP contribution in [0.1, 0.15) is 32.1 Å². The van der Waals surface area contributed by atoms with Crippen LogP contribution in [-0.2, 0) is 14.3 Å². The average molecular weight is 283 g/mol. The Bertz CT molecular complexity index is 345. The fourth-order valence-electron chi connectivity index (χ4n) is 2.47. The molecule has 0 aromatic carbocycles. The monoisotopic (exact) mass is 283 g/mol. The standard InChI is InChI=1S/C14H25N3O3/c1-20-10-7-15-13(18)6-9-17-8-2-3-12(14(17)19)16-11-4-5-11/h11-12,16H,2-10H2,1H3,(H,15,18). The van der Waals surface area contributed by atoms with Crippen LogP contribution in [-0.4, -0.2) is 62.1 Å². The maximum absolute atomic E-state index is 12.3. The van der Waals surface area contributed by atoms with Gasteiger partial charge in [-0.25, -0.2) is 0 Å². The topological polar surface area (TPSA) is 70.7 Å². The van der Waals surface area contributed by atoms with E-state index in [2.05, 4.69) is 10.6 Å². The second-order valence-corrected chi connectivity index (χ2v) is 5.55. The van der Waals surface area contributed by atoms with Crippen LogP contribution in [0.5, 0.6) is 0 Å². The highest BCUT2D eigenvalue weighted by Gasteiger charge is 2.33. The van der Waals surface area contributed by atoms with Crippen molar-refractivity contribution in [2.24, 2.45) is 0 Å². The molecular formula is C14H25N3O3. The van der Waals surface area contributed by atoms with Crippen LogP contribution >= 0.6 is 0 Å². The number of ether oxygens (including phenoxy) is 1. The molecule has 6 heteroatoms. The van der Waals surface area contributed by atoms with E-state index in [9.17, 15) is 9.59 Å². The Balaban J connectivity index is 1.68. The molecule has 0 aromatic heterocycles. The number of nitrogens with one attached hydrogen (secondary N) is 2. The number of carbonyl (C=O) groups is 2. The lowest BCUT2D eigenvalue weighted by atomic mass is 10.0. The molecule has 114 valence electrons. The van der Waals surface area contributed by atoms with Gasteiger partial charge in [0.05, 0.1) is 12.6 Å². The predicted molar refractivity (Wildman–Crippen MR) is 75.3 cm³/mol. The Morgan fingerprint density at radius 2 is 2.20 bits per heavy atom. The van der Waals surface area contributed by atoms with E-state index in [0.29, 0.717) is 32.2 Å². The van der Waals surface area contributed by atoms with Crippen molar-refractivity contribution in [2.75, 3.05) is 33.4 Å². The highest BCUT2D eigenvalue weighted by Crippen LogP contribution is 2.22. The van der Waals surface area contributed by atoms with E-state index >= 15 is 0 Å². The molecule has 1 saturated carbocycles. The van der Waals surface area contributed by atoms with Gasteiger partial charge in [-0.3, -0.25) is 9.59 Å². The number of methoxy groups -OCH3 is 1. The molecule has 1 saturated heterocycles. The summed E-state index contributed by atoms with van der Waals surface area (Å²) in [5.74, 6) is 0.139. The summed E-state index contributed by atoms with van der Waals surface area (Å²) in [4.78, 5) is 25.7. The molecule has 6 nitrogen and oxygen atoms in total. The van der Waals surface area contributed by atoms with Crippen LogP contribution < -0.4 is 10.6 Å². The minimum absolute atomic E-state index is 0.0212. The quantitative estimate of drug-likeness (QED) is 0.609. The lowest BCUT2D eigenvalue weighted by Gasteiger charge is -2.32. The number of hydrogen-bond donors (Lipinski definition) is 2. The third kappa shape index (κ3) is 4.76. The van der Waals surface area contributed by atoms with Gasteiger partial charge in [0.1, 0.15) is 0 Å². The van der Waals surface area contributed by atoms with Gasteiger partial charge in [0.25, 0.3) is 0 Å². The lowest BCUT2D eigenvalue weighted by Crippen LogP contribution is -2.51. The number of amides is 2. The van der Waals surface area contributed by atoms with Gasteiger partial charge in [-0.05, 0) is 25.7 Å². The molecule has 2 amide bonds. The zero-order valence-electron chi connectivity index (χ0n) is 12.2. The minimum atomic E-state index is -0.0344. The highest BCUT2D eigenvalue weighted by atomic mass is 16.5. The summed E-state index contributed by atoms with van der Waals surface area (Å²) in [7, 11) is 1.60. The van der Waals surface area contributed by atoms with E-state index < -0.39 is 0 Å². The zero-order valence-corrected chi connectivity index (χ0v) is 12.2. The molecule has 2 fully saturated rings. The van der Waals surface area contributed by atoms with Crippen molar-refractivity contribution in [3.05, 3.63) is 0 Å². The van der Waals surface area contributed by atoms with Gasteiger partial charge in [-0.2, -0.15) is 0 Å². The summed E-state index contributed by atoms with van der Waals surface area (Å²) < 4.78 is 4.87. The summed E-state index contributed by atoms with van der Waals surface area (Å²) in [6, 6.07) is 0.508. The first-order valence-electron chi connectivity index (χ1n) is 7.51. The van der Waals surface area contributed by atoms with Crippen LogP contribution in [0.15, 0.2) is 0 Å². The molecule has 0 radical (unpaired) electrons. The van der Waals surface area contributed by atoms with E-state index in [1.54, 1.807) is 7.11 Å². The smallest absolute Gasteiger partial charge is 0.239 e. The molecule has 2 rings (SSSR count). The molecule has 20 heavy (non-hydrogen) atoms. The number of piperidine rings is 1. The molecule has 0 aromatic rings. The third-order valence-corrected chi connectivity index (χ3v) is 3.78. The van der Waals surface area contributed by atoms with Gasteiger partial charge in [0.2, 0.25) is 11.8 Å². The van der Waals surface area contributed by atoms with Gasteiger partial charge in [0, 0.05) is 39.2 Å². The summed E-state index contributed by atoms with van der Waals surface area (Å²) in [6.07, 6.45) is 4.68. The highest BCUT2D eigenvalue weighted by molar-refractivity contribution is 5.83. The van der Waals surface area contributed by atoms with E-state index in [-0.39, 0.29) is 17.9 Å². The predicted octanol–water partition coefficient (Wildman–Crippen LogP) is -0.118. The molecule has 2 N–H and O–H groups in total.